The van der Waals surface area contributed by atoms with Crippen LogP contribution in [0.5, 0.6) is 0 Å². The Labute approximate surface area is 240 Å². The van der Waals surface area contributed by atoms with Crippen LogP contribution < -0.4 is 0 Å². The van der Waals surface area contributed by atoms with E-state index in [1.165, 1.54) is 0 Å². The summed E-state index contributed by atoms with van der Waals surface area (Å²) in [5, 5.41) is 24.7. The van der Waals surface area contributed by atoms with Gasteiger partial charge in [-0.15, -0.1) is 0 Å². The molecule has 0 heterocycles. The molecule has 0 aromatic heterocycles. The maximum atomic E-state index is 13.3. The van der Waals surface area contributed by atoms with Crippen LogP contribution in [0.4, 0.5) is 52.7 Å². The third-order valence-electron chi connectivity index (χ3n) is 7.04. The van der Waals surface area contributed by atoms with Crippen molar-refractivity contribution in [2.45, 2.75) is 35.9 Å². The minimum atomic E-state index is -4.89. The van der Waals surface area contributed by atoms with Gasteiger partial charge in [0.15, 0.2) is 11.2 Å². The van der Waals surface area contributed by atoms with Gasteiger partial charge in [0.2, 0.25) is 0 Å². The summed E-state index contributed by atoms with van der Waals surface area (Å²) in [6, 6.07) is 9.25. The summed E-state index contributed by atoms with van der Waals surface area (Å²) in [7, 11) is 0. The standard InChI is InChI=1S/C30H18F12O2/c31-27(32,33)21-9-1-17(2-10-21)25(43,18-3-11-22(12-4-18)28(34,35)36)26(44,19-5-13-23(14-6-19)29(37,38)39)20-7-15-24(16-8-20)30(40,41)42/h1-16,43-44H. The zero-order valence-corrected chi connectivity index (χ0v) is 21.7. The lowest BCUT2D eigenvalue weighted by atomic mass is 9.66. The topological polar surface area (TPSA) is 40.5 Å². The van der Waals surface area contributed by atoms with Gasteiger partial charge in [-0.1, -0.05) is 48.5 Å². The van der Waals surface area contributed by atoms with Crippen LogP contribution in [0.25, 0.3) is 0 Å². The number of alkyl halides is 12. The second kappa shape index (κ2) is 10.8. The van der Waals surface area contributed by atoms with Gasteiger partial charge >= 0.3 is 24.7 Å². The maximum absolute atomic E-state index is 13.3. The molecule has 4 rings (SSSR count). The molecule has 0 bridgehead atoms. The van der Waals surface area contributed by atoms with E-state index in [0.717, 1.165) is 0 Å². The largest absolute Gasteiger partial charge is 0.416 e. The highest BCUT2D eigenvalue weighted by atomic mass is 19.4. The molecule has 0 spiro atoms. The fourth-order valence-corrected chi connectivity index (χ4v) is 4.77. The molecule has 234 valence electrons. The number of hydrogen-bond donors (Lipinski definition) is 2. The van der Waals surface area contributed by atoms with Crippen molar-refractivity contribution in [1.82, 2.24) is 0 Å². The number of rotatable bonds is 5. The first-order valence-corrected chi connectivity index (χ1v) is 12.3. The Morgan fingerprint density at radius 2 is 0.364 bits per heavy atom. The van der Waals surface area contributed by atoms with Gasteiger partial charge in [-0.2, -0.15) is 52.7 Å². The highest BCUT2D eigenvalue weighted by Gasteiger charge is 2.55. The zero-order chi connectivity index (χ0) is 32.9. The van der Waals surface area contributed by atoms with Gasteiger partial charge < -0.3 is 10.2 Å². The molecule has 0 saturated heterocycles. The molecule has 4 aromatic rings. The molecule has 0 saturated carbocycles. The molecule has 2 N–H and O–H groups in total. The van der Waals surface area contributed by atoms with Gasteiger partial charge in [-0.05, 0) is 70.8 Å². The van der Waals surface area contributed by atoms with E-state index >= 15 is 0 Å². The van der Waals surface area contributed by atoms with Crippen LogP contribution in [0, 0.1) is 0 Å². The third-order valence-corrected chi connectivity index (χ3v) is 7.04. The molecule has 0 fully saturated rings. The number of hydrogen-bond acceptors (Lipinski definition) is 2. The van der Waals surface area contributed by atoms with E-state index in [9.17, 15) is 62.9 Å². The van der Waals surface area contributed by atoms with E-state index in [2.05, 4.69) is 0 Å². The van der Waals surface area contributed by atoms with Crippen molar-refractivity contribution in [3.8, 4) is 0 Å². The monoisotopic (exact) mass is 638 g/mol. The molecule has 0 atom stereocenters. The summed E-state index contributed by atoms with van der Waals surface area (Å²) < 4.78 is 160. The SMILES string of the molecule is OC(c1ccc(C(F)(F)F)cc1)(c1ccc(C(F)(F)F)cc1)C(O)(c1ccc(C(F)(F)F)cc1)c1ccc(C(F)(F)F)cc1. The van der Waals surface area contributed by atoms with Gasteiger partial charge in [0.25, 0.3) is 0 Å². The van der Waals surface area contributed by atoms with Gasteiger partial charge in [0.05, 0.1) is 22.3 Å². The van der Waals surface area contributed by atoms with Crippen molar-refractivity contribution in [2.24, 2.45) is 0 Å². The van der Waals surface area contributed by atoms with Crippen LogP contribution in [0.3, 0.4) is 0 Å². The average Bonchev–Trinajstić information content (AvgIpc) is 2.95. The molecule has 4 aromatic carbocycles. The predicted octanol–water partition coefficient (Wildman–Crippen LogP) is 8.93. The summed E-state index contributed by atoms with van der Waals surface area (Å²) >= 11 is 0. The normalized spacial score (nSPS) is 13.7. The van der Waals surface area contributed by atoms with Crippen LogP contribution in [-0.4, -0.2) is 10.2 Å². The van der Waals surface area contributed by atoms with Gasteiger partial charge in [0.1, 0.15) is 0 Å². The smallest absolute Gasteiger partial charge is 0.377 e. The summed E-state index contributed by atoms with van der Waals surface area (Å²) in [5.74, 6) is 0. The maximum Gasteiger partial charge on any atom is 0.416 e. The molecule has 0 aliphatic carbocycles. The van der Waals surface area contributed by atoms with Crippen molar-refractivity contribution in [1.29, 1.82) is 0 Å². The molecule has 0 amide bonds. The van der Waals surface area contributed by atoms with Crippen molar-refractivity contribution in [3.05, 3.63) is 142 Å². The molecule has 0 radical (unpaired) electrons. The Hall–Kier alpha value is -4.04. The van der Waals surface area contributed by atoms with Crippen molar-refractivity contribution < 1.29 is 62.9 Å². The van der Waals surface area contributed by atoms with Gasteiger partial charge in [0, 0.05) is 0 Å². The van der Waals surface area contributed by atoms with Crippen LogP contribution >= 0.6 is 0 Å². The highest BCUT2D eigenvalue weighted by molar-refractivity contribution is 5.52. The van der Waals surface area contributed by atoms with Crippen LogP contribution in [-0.2, 0) is 35.9 Å². The second-order valence-corrected chi connectivity index (χ2v) is 9.72. The highest BCUT2D eigenvalue weighted by Crippen LogP contribution is 2.51. The van der Waals surface area contributed by atoms with E-state index in [4.69, 9.17) is 0 Å². The first kappa shape index (κ1) is 32.9. The molecule has 0 aliphatic heterocycles. The van der Waals surface area contributed by atoms with Crippen molar-refractivity contribution in [3.63, 3.8) is 0 Å². The molecular weight excluding hydrogens is 620 g/mol. The minimum Gasteiger partial charge on any atom is -0.377 e. The number of aliphatic hydroxyl groups is 2. The molecule has 14 heteroatoms. The molecule has 0 aliphatic rings. The fourth-order valence-electron chi connectivity index (χ4n) is 4.77. The van der Waals surface area contributed by atoms with E-state index in [-0.39, 0.29) is 0 Å². The first-order chi connectivity index (χ1) is 20.1. The summed E-state index contributed by atoms with van der Waals surface area (Å²) in [5.41, 5.74) is -13.5. The summed E-state index contributed by atoms with van der Waals surface area (Å²) in [6.45, 7) is 0. The Morgan fingerprint density at radius 1 is 0.250 bits per heavy atom. The minimum absolute atomic E-state index is 0.476. The Morgan fingerprint density at radius 3 is 0.477 bits per heavy atom. The lowest BCUT2D eigenvalue weighted by molar-refractivity contribution is -0.139. The lowest BCUT2D eigenvalue weighted by Gasteiger charge is -2.45. The van der Waals surface area contributed by atoms with Crippen molar-refractivity contribution in [2.75, 3.05) is 0 Å². The van der Waals surface area contributed by atoms with Crippen LogP contribution in [0.2, 0.25) is 0 Å². The van der Waals surface area contributed by atoms with E-state index in [0.29, 0.717) is 97.1 Å². The quantitative estimate of drug-likeness (QED) is 0.215. The third kappa shape index (κ3) is 6.00. The Kier molecular flexibility index (Phi) is 8.10. The number of halogens is 12. The Bertz CT molecular complexity index is 1340. The van der Waals surface area contributed by atoms with Gasteiger partial charge in [-0.3, -0.25) is 0 Å². The van der Waals surface area contributed by atoms with Gasteiger partial charge in [-0.25, -0.2) is 0 Å². The van der Waals surface area contributed by atoms with Crippen LogP contribution in [0.1, 0.15) is 44.5 Å². The predicted molar refractivity (Wildman–Crippen MR) is 132 cm³/mol. The zero-order valence-electron chi connectivity index (χ0n) is 21.7. The molecule has 44 heavy (non-hydrogen) atoms. The number of benzene rings is 4. The average molecular weight is 638 g/mol. The fraction of sp³-hybridized carbons (Fsp3) is 0.200. The first-order valence-electron chi connectivity index (χ1n) is 12.3. The van der Waals surface area contributed by atoms with Crippen molar-refractivity contribution >= 4 is 0 Å². The lowest BCUT2D eigenvalue weighted by Crippen LogP contribution is -2.51. The van der Waals surface area contributed by atoms with Crippen LogP contribution in [0.15, 0.2) is 97.1 Å². The van der Waals surface area contributed by atoms with E-state index in [1.807, 2.05) is 0 Å². The molecule has 0 unspecified atom stereocenters. The summed E-state index contributed by atoms with van der Waals surface area (Å²) in [6.07, 6.45) is -19.5. The second-order valence-electron chi connectivity index (χ2n) is 9.72. The van der Waals surface area contributed by atoms with E-state index < -0.39 is 80.4 Å². The molecule has 2 nitrogen and oxygen atoms in total. The van der Waals surface area contributed by atoms with E-state index in [1.54, 1.807) is 0 Å². The Balaban J connectivity index is 2.08. The molecular formula is C30H18F12O2. The summed E-state index contributed by atoms with van der Waals surface area (Å²) in [4.78, 5) is 0.